The Labute approximate surface area is 97.4 Å². The molecule has 3 fully saturated rings. The van der Waals surface area contributed by atoms with Crippen molar-refractivity contribution in [2.75, 3.05) is 13.1 Å². The summed E-state index contributed by atoms with van der Waals surface area (Å²) in [5, 5.41) is 0. The van der Waals surface area contributed by atoms with Crippen LogP contribution >= 0.6 is 0 Å². The highest BCUT2D eigenvalue weighted by Crippen LogP contribution is 2.42. The maximum atomic E-state index is 12.2. The number of fused-ring (bicyclic) bond motifs is 1. The van der Waals surface area contributed by atoms with Crippen molar-refractivity contribution in [3.63, 3.8) is 0 Å². The number of carbonyl (C=O) groups is 1. The van der Waals surface area contributed by atoms with Gasteiger partial charge in [0.15, 0.2) is 0 Å². The van der Waals surface area contributed by atoms with Crippen LogP contribution in [-0.2, 0) is 4.79 Å². The summed E-state index contributed by atoms with van der Waals surface area (Å²) in [5.41, 5.74) is 6.16. The lowest BCUT2D eigenvalue weighted by Crippen LogP contribution is -2.38. The summed E-state index contributed by atoms with van der Waals surface area (Å²) in [6.45, 7) is 4.10. The van der Waals surface area contributed by atoms with Gasteiger partial charge in [-0.1, -0.05) is 13.3 Å². The van der Waals surface area contributed by atoms with Crippen molar-refractivity contribution in [1.29, 1.82) is 0 Å². The van der Waals surface area contributed by atoms with E-state index in [9.17, 15) is 4.79 Å². The standard InChI is InChI=1S/C13H22N2O/c1-8-5-10(8)13(16)15-6-9-3-2-4-12(14)11(9)7-15/h8-12H,2-7,14H2,1H3. The first-order valence-electron chi connectivity index (χ1n) is 6.71. The second-order valence-corrected chi connectivity index (χ2v) is 6.08. The zero-order chi connectivity index (χ0) is 11.3. The van der Waals surface area contributed by atoms with Crippen LogP contribution in [0.1, 0.15) is 32.6 Å². The Kier molecular flexibility index (Phi) is 2.46. The molecule has 2 saturated carbocycles. The number of hydrogen-bond acceptors (Lipinski definition) is 2. The maximum Gasteiger partial charge on any atom is 0.225 e. The fourth-order valence-corrected chi connectivity index (χ4v) is 3.60. The molecule has 90 valence electrons. The van der Waals surface area contributed by atoms with E-state index in [2.05, 4.69) is 11.8 Å². The van der Waals surface area contributed by atoms with Crippen LogP contribution in [0.4, 0.5) is 0 Å². The van der Waals surface area contributed by atoms with Gasteiger partial charge in [0.05, 0.1) is 0 Å². The molecule has 5 atom stereocenters. The van der Waals surface area contributed by atoms with Crippen molar-refractivity contribution in [3.8, 4) is 0 Å². The van der Waals surface area contributed by atoms with Crippen molar-refractivity contribution in [2.45, 2.75) is 38.6 Å². The molecule has 0 bridgehead atoms. The van der Waals surface area contributed by atoms with Crippen molar-refractivity contribution in [1.82, 2.24) is 4.90 Å². The van der Waals surface area contributed by atoms with Crippen molar-refractivity contribution in [3.05, 3.63) is 0 Å². The van der Waals surface area contributed by atoms with Gasteiger partial charge in [0, 0.05) is 25.0 Å². The van der Waals surface area contributed by atoms with E-state index in [4.69, 9.17) is 5.73 Å². The van der Waals surface area contributed by atoms with Gasteiger partial charge in [0.1, 0.15) is 0 Å². The van der Waals surface area contributed by atoms with Gasteiger partial charge in [0.25, 0.3) is 0 Å². The molecule has 1 aliphatic heterocycles. The second kappa shape index (κ2) is 3.73. The molecule has 2 N–H and O–H groups in total. The fourth-order valence-electron chi connectivity index (χ4n) is 3.60. The highest BCUT2D eigenvalue weighted by atomic mass is 16.2. The molecule has 0 aromatic rings. The predicted molar refractivity (Wildman–Crippen MR) is 62.7 cm³/mol. The molecule has 2 aliphatic carbocycles. The molecule has 3 heteroatoms. The van der Waals surface area contributed by atoms with E-state index >= 15 is 0 Å². The monoisotopic (exact) mass is 222 g/mol. The number of carbonyl (C=O) groups excluding carboxylic acids is 1. The van der Waals surface area contributed by atoms with E-state index in [-0.39, 0.29) is 0 Å². The molecule has 1 amide bonds. The number of hydrogen-bond donors (Lipinski definition) is 1. The van der Waals surface area contributed by atoms with Gasteiger partial charge >= 0.3 is 0 Å². The van der Waals surface area contributed by atoms with Crippen LogP contribution in [0.25, 0.3) is 0 Å². The lowest BCUT2D eigenvalue weighted by Gasteiger charge is -2.29. The Morgan fingerprint density at radius 1 is 1.31 bits per heavy atom. The normalized spacial score (nSPS) is 46.6. The van der Waals surface area contributed by atoms with Gasteiger partial charge in [-0.25, -0.2) is 0 Å². The minimum atomic E-state index is 0.341. The molecule has 3 aliphatic rings. The van der Waals surface area contributed by atoms with Crippen LogP contribution in [-0.4, -0.2) is 29.9 Å². The molecule has 5 unspecified atom stereocenters. The van der Waals surface area contributed by atoms with Gasteiger partial charge in [-0.05, 0) is 37.0 Å². The molecule has 3 nitrogen and oxygen atoms in total. The highest BCUT2D eigenvalue weighted by Gasteiger charge is 2.46. The van der Waals surface area contributed by atoms with Gasteiger partial charge < -0.3 is 10.6 Å². The summed E-state index contributed by atoms with van der Waals surface area (Å²) in [7, 11) is 0. The van der Waals surface area contributed by atoms with E-state index in [0.29, 0.717) is 35.6 Å². The van der Waals surface area contributed by atoms with Crippen LogP contribution in [0, 0.1) is 23.7 Å². The van der Waals surface area contributed by atoms with Crippen LogP contribution in [0.2, 0.25) is 0 Å². The Morgan fingerprint density at radius 3 is 2.69 bits per heavy atom. The summed E-state index contributed by atoms with van der Waals surface area (Å²) in [4.78, 5) is 14.3. The smallest absolute Gasteiger partial charge is 0.225 e. The largest absolute Gasteiger partial charge is 0.342 e. The first kappa shape index (κ1) is 10.6. The van der Waals surface area contributed by atoms with Crippen molar-refractivity contribution < 1.29 is 4.79 Å². The first-order chi connectivity index (χ1) is 7.66. The van der Waals surface area contributed by atoms with E-state index < -0.39 is 0 Å². The third kappa shape index (κ3) is 1.65. The minimum Gasteiger partial charge on any atom is -0.342 e. The number of rotatable bonds is 1. The zero-order valence-electron chi connectivity index (χ0n) is 10.1. The lowest BCUT2D eigenvalue weighted by molar-refractivity contribution is -0.132. The maximum absolute atomic E-state index is 12.2. The van der Waals surface area contributed by atoms with Crippen molar-refractivity contribution in [2.24, 2.45) is 29.4 Å². The number of nitrogens with two attached hydrogens (primary N) is 1. The van der Waals surface area contributed by atoms with Gasteiger partial charge in [-0.3, -0.25) is 4.79 Å². The van der Waals surface area contributed by atoms with Crippen LogP contribution in [0.15, 0.2) is 0 Å². The van der Waals surface area contributed by atoms with E-state index in [1.807, 2.05) is 0 Å². The molecule has 0 aromatic carbocycles. The summed E-state index contributed by atoms with van der Waals surface area (Å²) in [6.07, 6.45) is 4.80. The van der Waals surface area contributed by atoms with Crippen molar-refractivity contribution >= 4 is 5.91 Å². The summed E-state index contributed by atoms with van der Waals surface area (Å²) < 4.78 is 0. The first-order valence-corrected chi connectivity index (χ1v) is 6.71. The number of nitrogens with zero attached hydrogens (tertiary/aromatic N) is 1. The average Bonchev–Trinajstić information content (AvgIpc) is 2.81. The molecule has 0 radical (unpaired) electrons. The summed E-state index contributed by atoms with van der Waals surface area (Å²) in [6, 6.07) is 0.341. The summed E-state index contributed by atoms with van der Waals surface area (Å²) in [5.74, 6) is 2.67. The zero-order valence-corrected chi connectivity index (χ0v) is 10.1. The molecular weight excluding hydrogens is 200 g/mol. The van der Waals surface area contributed by atoms with E-state index in [1.165, 1.54) is 12.8 Å². The third-order valence-electron chi connectivity index (χ3n) is 4.89. The van der Waals surface area contributed by atoms with Gasteiger partial charge in [0.2, 0.25) is 5.91 Å². The van der Waals surface area contributed by atoms with Crippen LogP contribution in [0.3, 0.4) is 0 Å². The molecular formula is C13H22N2O. The van der Waals surface area contributed by atoms with Crippen LogP contribution in [0.5, 0.6) is 0 Å². The minimum absolute atomic E-state index is 0.341. The second-order valence-electron chi connectivity index (χ2n) is 6.08. The number of amides is 1. The molecule has 1 heterocycles. The number of likely N-dealkylation sites (tertiary alicyclic amines) is 1. The molecule has 0 spiro atoms. The Bertz CT molecular complexity index is 304. The predicted octanol–water partition coefficient (Wildman–Crippen LogP) is 1.23. The fraction of sp³-hybridized carbons (Fsp3) is 0.923. The van der Waals surface area contributed by atoms with Crippen LogP contribution < -0.4 is 5.73 Å². The Balaban J connectivity index is 1.65. The van der Waals surface area contributed by atoms with Gasteiger partial charge in [-0.15, -0.1) is 0 Å². The molecule has 16 heavy (non-hydrogen) atoms. The topological polar surface area (TPSA) is 46.3 Å². The SMILES string of the molecule is CC1CC1C(=O)N1CC2CCCC(N)C2C1. The lowest BCUT2D eigenvalue weighted by atomic mass is 9.78. The van der Waals surface area contributed by atoms with E-state index in [1.54, 1.807) is 0 Å². The molecule has 1 saturated heterocycles. The average molecular weight is 222 g/mol. The third-order valence-corrected chi connectivity index (χ3v) is 4.89. The molecule has 0 aromatic heterocycles. The Morgan fingerprint density at radius 2 is 2.06 bits per heavy atom. The quantitative estimate of drug-likeness (QED) is 0.725. The summed E-state index contributed by atoms with van der Waals surface area (Å²) >= 11 is 0. The van der Waals surface area contributed by atoms with Gasteiger partial charge in [-0.2, -0.15) is 0 Å². The molecule has 3 rings (SSSR count). The van der Waals surface area contributed by atoms with E-state index in [0.717, 1.165) is 25.9 Å². The highest BCUT2D eigenvalue weighted by molar-refractivity contribution is 5.81. The Hall–Kier alpha value is -0.570.